The number of hydrogen-bond donors (Lipinski definition) is 1. The average Bonchev–Trinajstić information content (AvgIpc) is 2.46. The summed E-state index contributed by atoms with van der Waals surface area (Å²) in [6.07, 6.45) is 0.872. The summed E-state index contributed by atoms with van der Waals surface area (Å²) in [7, 11) is 0. The number of hydrogen-bond acceptors (Lipinski definition) is 2. The molecule has 0 radical (unpaired) electrons. The first kappa shape index (κ1) is 12.8. The van der Waals surface area contributed by atoms with E-state index in [1.54, 1.807) is 0 Å². The lowest BCUT2D eigenvalue weighted by atomic mass is 9.92. The minimum absolute atomic E-state index is 0.000995. The van der Waals surface area contributed by atoms with E-state index < -0.39 is 5.41 Å². The predicted molar refractivity (Wildman–Crippen MR) is 61.1 cm³/mol. The van der Waals surface area contributed by atoms with Crippen molar-refractivity contribution in [1.29, 1.82) is 0 Å². The molecular weight excluding hydrogens is 214 g/mol. The predicted octanol–water partition coefficient (Wildman–Crippen LogP) is 1.94. The average molecular weight is 234 g/mol. The van der Waals surface area contributed by atoms with Crippen LogP contribution in [-0.4, -0.2) is 30.0 Å². The summed E-state index contributed by atoms with van der Waals surface area (Å²) in [5.41, 5.74) is -0.779. The molecule has 0 aliphatic carbocycles. The largest absolute Gasteiger partial charge is 0.373 e. The van der Waals surface area contributed by atoms with Crippen molar-refractivity contribution in [3.63, 3.8) is 0 Å². The van der Waals surface area contributed by atoms with Crippen LogP contribution < -0.4 is 5.32 Å². The summed E-state index contributed by atoms with van der Waals surface area (Å²) in [5.74, 6) is 0.327. The van der Waals surface area contributed by atoms with Crippen LogP contribution in [-0.2, 0) is 9.53 Å². The molecule has 4 heteroatoms. The molecule has 1 aliphatic rings. The van der Waals surface area contributed by atoms with Gasteiger partial charge in [-0.25, -0.2) is 0 Å². The van der Waals surface area contributed by atoms with Crippen LogP contribution in [0.4, 0.5) is 0 Å². The van der Waals surface area contributed by atoms with E-state index in [4.69, 9.17) is 16.3 Å². The zero-order valence-electron chi connectivity index (χ0n) is 9.89. The van der Waals surface area contributed by atoms with Gasteiger partial charge in [-0.05, 0) is 34.1 Å². The van der Waals surface area contributed by atoms with Crippen LogP contribution in [0.25, 0.3) is 0 Å². The molecule has 1 N–H and O–H groups in total. The van der Waals surface area contributed by atoms with Crippen molar-refractivity contribution in [1.82, 2.24) is 5.32 Å². The standard InChI is InChI=1S/C11H20ClNO2/c1-10(2,7-12)9(14)13-8-5-6-15-11(8,3)4/h8H,5-7H2,1-4H3,(H,13,14). The van der Waals surface area contributed by atoms with Gasteiger partial charge in [0.25, 0.3) is 0 Å². The van der Waals surface area contributed by atoms with Crippen LogP contribution in [0.1, 0.15) is 34.1 Å². The highest BCUT2D eigenvalue weighted by Crippen LogP contribution is 2.26. The van der Waals surface area contributed by atoms with Crippen molar-refractivity contribution in [3.8, 4) is 0 Å². The second kappa shape index (κ2) is 4.30. The van der Waals surface area contributed by atoms with Gasteiger partial charge in [0.1, 0.15) is 0 Å². The van der Waals surface area contributed by atoms with Crippen LogP contribution in [0.3, 0.4) is 0 Å². The fourth-order valence-electron chi connectivity index (χ4n) is 1.55. The zero-order chi connectivity index (χ0) is 11.7. The number of rotatable bonds is 3. The van der Waals surface area contributed by atoms with Crippen molar-refractivity contribution in [2.24, 2.45) is 5.41 Å². The highest BCUT2D eigenvalue weighted by atomic mass is 35.5. The molecule has 0 aromatic heterocycles. The van der Waals surface area contributed by atoms with Gasteiger partial charge in [0.15, 0.2) is 0 Å². The molecule has 0 saturated carbocycles. The van der Waals surface area contributed by atoms with Gasteiger partial charge < -0.3 is 10.1 Å². The molecule has 0 aromatic rings. The summed E-state index contributed by atoms with van der Waals surface area (Å²) in [5, 5.41) is 3.01. The van der Waals surface area contributed by atoms with Gasteiger partial charge in [-0.2, -0.15) is 0 Å². The highest BCUT2D eigenvalue weighted by molar-refractivity contribution is 6.19. The van der Waals surface area contributed by atoms with Gasteiger partial charge in [0.2, 0.25) is 5.91 Å². The molecule has 1 aliphatic heterocycles. The van der Waals surface area contributed by atoms with Crippen molar-refractivity contribution in [3.05, 3.63) is 0 Å². The SMILES string of the molecule is CC(C)(CCl)C(=O)NC1CCOC1(C)C. The minimum atomic E-state index is -0.514. The molecule has 88 valence electrons. The molecule has 3 nitrogen and oxygen atoms in total. The molecule has 1 atom stereocenters. The molecule has 1 rings (SSSR count). The van der Waals surface area contributed by atoms with Crippen molar-refractivity contribution in [2.45, 2.75) is 45.8 Å². The van der Waals surface area contributed by atoms with E-state index in [0.717, 1.165) is 6.42 Å². The van der Waals surface area contributed by atoms with Crippen LogP contribution in [0.2, 0.25) is 0 Å². The maximum Gasteiger partial charge on any atom is 0.227 e. The van der Waals surface area contributed by atoms with Crippen LogP contribution in [0.5, 0.6) is 0 Å². The quantitative estimate of drug-likeness (QED) is 0.757. The van der Waals surface area contributed by atoms with E-state index in [0.29, 0.717) is 12.5 Å². The number of carbonyl (C=O) groups is 1. The molecule has 0 bridgehead atoms. The zero-order valence-corrected chi connectivity index (χ0v) is 10.6. The van der Waals surface area contributed by atoms with Gasteiger partial charge in [-0.3, -0.25) is 4.79 Å². The normalized spacial score (nSPS) is 25.3. The van der Waals surface area contributed by atoms with Crippen LogP contribution in [0, 0.1) is 5.41 Å². The second-order valence-electron chi connectivity index (χ2n) is 5.28. The molecule has 15 heavy (non-hydrogen) atoms. The molecule has 1 heterocycles. The molecule has 0 spiro atoms. The van der Waals surface area contributed by atoms with Gasteiger partial charge in [-0.1, -0.05) is 0 Å². The van der Waals surface area contributed by atoms with E-state index in [-0.39, 0.29) is 17.6 Å². The number of halogens is 1. The van der Waals surface area contributed by atoms with Crippen molar-refractivity contribution < 1.29 is 9.53 Å². The Morgan fingerprint density at radius 2 is 2.20 bits per heavy atom. The Morgan fingerprint density at radius 3 is 2.60 bits per heavy atom. The summed E-state index contributed by atoms with van der Waals surface area (Å²) in [4.78, 5) is 11.9. The molecule has 1 fully saturated rings. The number of ether oxygens (including phenoxy) is 1. The number of nitrogens with one attached hydrogen (secondary N) is 1. The van der Waals surface area contributed by atoms with E-state index in [1.165, 1.54) is 0 Å². The summed E-state index contributed by atoms with van der Waals surface area (Å²) >= 11 is 5.75. The summed E-state index contributed by atoms with van der Waals surface area (Å²) in [6.45, 7) is 8.40. The van der Waals surface area contributed by atoms with Gasteiger partial charge in [-0.15, -0.1) is 11.6 Å². The first-order chi connectivity index (χ1) is 6.79. The Balaban J connectivity index is 2.59. The van der Waals surface area contributed by atoms with Crippen LogP contribution in [0.15, 0.2) is 0 Å². The topological polar surface area (TPSA) is 38.3 Å². The third-order valence-electron chi connectivity index (χ3n) is 2.97. The van der Waals surface area contributed by atoms with E-state index in [9.17, 15) is 4.79 Å². The number of amides is 1. The first-order valence-corrected chi connectivity index (χ1v) is 5.84. The maximum atomic E-state index is 11.9. The molecule has 1 saturated heterocycles. The second-order valence-corrected chi connectivity index (χ2v) is 5.55. The van der Waals surface area contributed by atoms with Crippen molar-refractivity contribution in [2.75, 3.05) is 12.5 Å². The third-order valence-corrected chi connectivity index (χ3v) is 3.64. The fraction of sp³-hybridized carbons (Fsp3) is 0.909. The lowest BCUT2D eigenvalue weighted by molar-refractivity contribution is -0.130. The van der Waals surface area contributed by atoms with E-state index >= 15 is 0 Å². The Kier molecular flexibility index (Phi) is 3.67. The maximum absolute atomic E-state index is 11.9. The Labute approximate surface area is 96.5 Å². The Morgan fingerprint density at radius 1 is 1.60 bits per heavy atom. The highest BCUT2D eigenvalue weighted by Gasteiger charge is 2.39. The van der Waals surface area contributed by atoms with Crippen LogP contribution >= 0.6 is 11.6 Å². The Bertz CT molecular complexity index is 251. The van der Waals surface area contributed by atoms with E-state index in [2.05, 4.69) is 5.32 Å². The minimum Gasteiger partial charge on any atom is -0.373 e. The smallest absolute Gasteiger partial charge is 0.227 e. The van der Waals surface area contributed by atoms with Gasteiger partial charge in [0.05, 0.1) is 17.1 Å². The van der Waals surface area contributed by atoms with Gasteiger partial charge >= 0.3 is 0 Å². The number of carbonyl (C=O) groups excluding carboxylic acids is 1. The lowest BCUT2D eigenvalue weighted by Gasteiger charge is -2.30. The molecule has 0 aromatic carbocycles. The lowest BCUT2D eigenvalue weighted by Crippen LogP contribution is -2.50. The fourth-order valence-corrected chi connectivity index (χ4v) is 1.67. The summed E-state index contributed by atoms with van der Waals surface area (Å²) < 4.78 is 5.55. The first-order valence-electron chi connectivity index (χ1n) is 5.30. The number of alkyl halides is 1. The van der Waals surface area contributed by atoms with Crippen molar-refractivity contribution >= 4 is 17.5 Å². The van der Waals surface area contributed by atoms with E-state index in [1.807, 2.05) is 27.7 Å². The molecular formula is C11H20ClNO2. The Hall–Kier alpha value is -0.280. The van der Waals surface area contributed by atoms with Gasteiger partial charge in [0, 0.05) is 12.5 Å². The third kappa shape index (κ3) is 2.85. The summed E-state index contributed by atoms with van der Waals surface area (Å²) in [6, 6.07) is 0.0903. The molecule has 1 unspecified atom stereocenters. The monoisotopic (exact) mass is 233 g/mol. The molecule has 1 amide bonds.